The molecular weight excluding hydrogens is 670 g/mol. The Kier molecular flexibility index (Phi) is 10.0. The number of hydrogen-bond acceptors (Lipinski definition) is 12. The fraction of sp³-hybridized carbons (Fsp3) is 0.148. The van der Waals surface area contributed by atoms with Crippen LogP contribution in [-0.4, -0.2) is 46.3 Å². The zero-order valence-corrected chi connectivity index (χ0v) is 26.6. The molecule has 0 spiro atoms. The summed E-state index contributed by atoms with van der Waals surface area (Å²) in [5.41, 5.74) is 9.06. The molecular formula is C27H24ClN5O9S3. The van der Waals surface area contributed by atoms with Crippen molar-refractivity contribution < 1.29 is 39.1 Å². The highest BCUT2D eigenvalue weighted by Crippen LogP contribution is 2.40. The Balaban J connectivity index is 1.75. The van der Waals surface area contributed by atoms with Crippen LogP contribution in [0, 0.1) is 13.8 Å². The molecule has 4 rings (SSSR count). The van der Waals surface area contributed by atoms with Crippen LogP contribution in [0.1, 0.15) is 17.5 Å². The molecule has 18 heteroatoms. The molecule has 4 aromatic rings. The summed E-state index contributed by atoms with van der Waals surface area (Å²) in [6, 6.07) is 11.9. The van der Waals surface area contributed by atoms with Gasteiger partial charge in [0, 0.05) is 28.9 Å². The molecule has 0 unspecified atom stereocenters. The van der Waals surface area contributed by atoms with E-state index in [2.05, 4.69) is 20.5 Å². The zero-order valence-electron chi connectivity index (χ0n) is 23.4. The number of fused-ring (bicyclic) bond motifs is 1. The van der Waals surface area contributed by atoms with Crippen molar-refractivity contribution in [3.63, 3.8) is 0 Å². The molecule has 236 valence electrons. The summed E-state index contributed by atoms with van der Waals surface area (Å²) < 4.78 is 93.8. The van der Waals surface area contributed by atoms with Gasteiger partial charge in [-0.1, -0.05) is 17.7 Å². The summed E-state index contributed by atoms with van der Waals surface area (Å²) in [7, 11) is -12.1. The number of aryl methyl sites for hydroxylation is 2. The third-order valence-electron chi connectivity index (χ3n) is 6.23. The first-order valence-electron chi connectivity index (χ1n) is 12.6. The average molecular weight is 694 g/mol. The van der Waals surface area contributed by atoms with Gasteiger partial charge in [0.25, 0.3) is 20.2 Å². The molecule has 0 aromatic heterocycles. The summed E-state index contributed by atoms with van der Waals surface area (Å²) in [4.78, 5) is -1.50. The van der Waals surface area contributed by atoms with Gasteiger partial charge in [-0.2, -0.15) is 35.5 Å². The predicted octanol–water partition coefficient (Wildman–Crippen LogP) is 6.47. The first-order valence-corrected chi connectivity index (χ1v) is 17.0. The number of hydrogen-bond donors (Lipinski definition) is 3. The lowest BCUT2D eigenvalue weighted by Crippen LogP contribution is -2.04. The first kappa shape index (κ1) is 33.6. The lowest BCUT2D eigenvalue weighted by molar-refractivity contribution is 0.332. The second-order valence-corrected chi connectivity index (χ2v) is 13.6. The molecule has 4 N–H and O–H groups in total. The van der Waals surface area contributed by atoms with Gasteiger partial charge in [0.15, 0.2) is 0 Å². The highest BCUT2D eigenvalue weighted by molar-refractivity contribution is 7.86. The van der Waals surface area contributed by atoms with E-state index < -0.39 is 40.3 Å². The van der Waals surface area contributed by atoms with Crippen LogP contribution in [-0.2, 0) is 30.5 Å². The number of nitrogens with two attached hydrogens (primary N) is 1. The fourth-order valence-electron chi connectivity index (χ4n) is 3.98. The van der Waals surface area contributed by atoms with Crippen molar-refractivity contribution in [2.45, 2.75) is 30.1 Å². The molecule has 0 aliphatic carbocycles. The van der Waals surface area contributed by atoms with E-state index in [1.807, 2.05) is 13.8 Å². The highest BCUT2D eigenvalue weighted by Gasteiger charge is 2.21. The Hall–Kier alpha value is -4.26. The molecule has 0 fully saturated rings. The van der Waals surface area contributed by atoms with Crippen molar-refractivity contribution in [2.24, 2.45) is 20.5 Å². The second-order valence-electron chi connectivity index (χ2n) is 9.51. The number of benzene rings is 4. The van der Waals surface area contributed by atoms with Gasteiger partial charge in [0.1, 0.15) is 22.0 Å². The number of anilines is 1. The third kappa shape index (κ3) is 8.47. The van der Waals surface area contributed by atoms with Gasteiger partial charge in [-0.15, -0.1) is 10.2 Å². The van der Waals surface area contributed by atoms with Crippen LogP contribution in [0.25, 0.3) is 10.8 Å². The van der Waals surface area contributed by atoms with Gasteiger partial charge >= 0.3 is 0 Å². The van der Waals surface area contributed by atoms with E-state index in [0.29, 0.717) is 17.4 Å². The Morgan fingerprint density at radius 1 is 0.844 bits per heavy atom. The summed E-state index contributed by atoms with van der Waals surface area (Å²) in [6.07, 6.45) is 0.0644. The van der Waals surface area contributed by atoms with Crippen molar-refractivity contribution in [2.75, 3.05) is 12.3 Å². The number of azo groups is 2. The third-order valence-corrected chi connectivity index (χ3v) is 8.77. The number of rotatable bonds is 10. The molecule has 14 nitrogen and oxygen atoms in total. The molecule has 0 radical (unpaired) electrons. The summed E-state index contributed by atoms with van der Waals surface area (Å²) in [5.74, 6) is 0.150. The smallest absolute Gasteiger partial charge is 0.295 e. The predicted molar refractivity (Wildman–Crippen MR) is 169 cm³/mol. The molecule has 0 bridgehead atoms. The van der Waals surface area contributed by atoms with Crippen LogP contribution >= 0.6 is 11.6 Å². The van der Waals surface area contributed by atoms with E-state index in [9.17, 15) is 34.4 Å². The lowest BCUT2D eigenvalue weighted by atomic mass is 10.1. The molecule has 0 saturated heterocycles. The van der Waals surface area contributed by atoms with Crippen LogP contribution in [0.5, 0.6) is 5.75 Å². The quantitative estimate of drug-likeness (QED) is 0.0539. The van der Waals surface area contributed by atoms with Gasteiger partial charge in [0.05, 0.1) is 27.9 Å². The van der Waals surface area contributed by atoms with Crippen LogP contribution in [0.15, 0.2) is 84.8 Å². The normalized spacial score (nSPS) is 12.3. The van der Waals surface area contributed by atoms with Crippen molar-refractivity contribution in [3.05, 3.63) is 70.7 Å². The maximum absolute atomic E-state index is 12.0. The highest BCUT2D eigenvalue weighted by atomic mass is 35.5. The van der Waals surface area contributed by atoms with Crippen LogP contribution in [0.2, 0.25) is 5.02 Å². The molecule has 0 heterocycles. The molecule has 0 atom stereocenters. The minimum absolute atomic E-state index is 0.0383. The Bertz CT molecular complexity index is 2250. The van der Waals surface area contributed by atoms with Crippen molar-refractivity contribution >= 4 is 86.7 Å². The first-order chi connectivity index (χ1) is 21.0. The van der Waals surface area contributed by atoms with Crippen LogP contribution in [0.4, 0.5) is 28.4 Å². The van der Waals surface area contributed by atoms with E-state index in [0.717, 1.165) is 22.6 Å². The van der Waals surface area contributed by atoms with Crippen LogP contribution < -0.4 is 10.5 Å². The monoisotopic (exact) mass is 693 g/mol. The number of nitrogen functional groups attached to an aromatic ring is 1. The minimum atomic E-state index is -4.91. The number of halogens is 1. The Morgan fingerprint density at radius 2 is 1.53 bits per heavy atom. The zero-order chi connectivity index (χ0) is 33.1. The molecule has 0 amide bonds. The van der Waals surface area contributed by atoms with E-state index in [1.54, 1.807) is 12.1 Å². The van der Waals surface area contributed by atoms with E-state index >= 15 is 0 Å². The Labute approximate surface area is 264 Å². The maximum atomic E-state index is 12.0. The fourth-order valence-corrected chi connectivity index (χ4v) is 5.81. The molecule has 0 aliphatic heterocycles. The van der Waals surface area contributed by atoms with Crippen molar-refractivity contribution in [1.82, 2.24) is 0 Å². The maximum Gasteiger partial charge on any atom is 0.295 e. The molecule has 0 saturated carbocycles. The van der Waals surface area contributed by atoms with E-state index in [4.69, 9.17) is 22.1 Å². The van der Waals surface area contributed by atoms with Gasteiger partial charge in [-0.3, -0.25) is 9.11 Å². The van der Waals surface area contributed by atoms with Gasteiger partial charge in [-0.05, 0) is 72.8 Å². The number of nitrogens with zero attached hydrogens (tertiary/aromatic N) is 4. The average Bonchev–Trinajstić information content (AvgIpc) is 2.94. The summed E-state index contributed by atoms with van der Waals surface area (Å²) in [6.45, 7) is 3.60. The Morgan fingerprint density at radius 3 is 2.20 bits per heavy atom. The topological polar surface area (TPSA) is 228 Å². The van der Waals surface area contributed by atoms with Crippen molar-refractivity contribution in [3.8, 4) is 5.75 Å². The summed E-state index contributed by atoms with van der Waals surface area (Å²) >= 11 is 6.46. The SMILES string of the molecule is Cc1cc(N=Nc2cc(Cl)c(N=Nc3ccc4cc(S(=O)(=O)O)cc(S(=O)(=O)O)c4c3)cc2OCCC=S(=O)=O)c(C)cc1N. The van der Waals surface area contributed by atoms with E-state index in [-0.39, 0.29) is 51.6 Å². The van der Waals surface area contributed by atoms with Gasteiger partial charge < -0.3 is 10.5 Å². The second kappa shape index (κ2) is 13.4. The van der Waals surface area contributed by atoms with Gasteiger partial charge in [-0.25, -0.2) is 0 Å². The molecule has 4 aromatic carbocycles. The van der Waals surface area contributed by atoms with Gasteiger partial charge in [0.2, 0.25) is 10.3 Å². The summed E-state index contributed by atoms with van der Waals surface area (Å²) in [5, 5.41) is 17.8. The van der Waals surface area contributed by atoms with E-state index in [1.165, 1.54) is 30.3 Å². The van der Waals surface area contributed by atoms with Crippen molar-refractivity contribution in [1.29, 1.82) is 0 Å². The molecule has 45 heavy (non-hydrogen) atoms. The van der Waals surface area contributed by atoms with Crippen LogP contribution in [0.3, 0.4) is 0 Å². The standard InChI is InChI=1S/C27H24ClN5O9S3/c1-15-9-23(16(2)8-22(15)29)31-33-25-13-21(28)24(14-26(25)42-6-3-7-43(34)35)32-30-18-5-4-17-10-19(44(36,37)38)12-27(20(17)11-18)45(39,40)41/h4-5,7-14H,3,6,29H2,1-2H3,(H,36,37,38)(H,39,40,41). The minimum Gasteiger partial charge on any atom is -0.491 e. The number of ether oxygens (including phenoxy) is 1. The lowest BCUT2D eigenvalue weighted by Gasteiger charge is -2.10. The molecule has 0 aliphatic rings. The largest absolute Gasteiger partial charge is 0.491 e.